The summed E-state index contributed by atoms with van der Waals surface area (Å²) in [5.41, 5.74) is 7.69. The number of halogens is 1. The molecule has 0 spiro atoms. The zero-order valence-electron chi connectivity index (χ0n) is 10.3. The maximum absolute atomic E-state index is 6.10. The molecule has 0 amide bonds. The molecule has 3 rings (SSSR count). The third-order valence-corrected chi connectivity index (χ3v) is 4.74. The van der Waals surface area contributed by atoms with Crippen molar-refractivity contribution in [2.45, 2.75) is 10.8 Å². The fraction of sp³-hybridized carbons (Fsp3) is 0.200. The fourth-order valence-corrected chi connectivity index (χ4v) is 3.67. The van der Waals surface area contributed by atoms with Crippen molar-refractivity contribution in [3.8, 4) is 5.75 Å². The van der Waals surface area contributed by atoms with Crippen LogP contribution in [0.2, 0.25) is 5.02 Å². The van der Waals surface area contributed by atoms with E-state index in [9.17, 15) is 0 Å². The molecule has 1 atom stereocenters. The summed E-state index contributed by atoms with van der Waals surface area (Å²) in [6.45, 7) is 0.646. The second kappa shape index (κ2) is 5.35. The molecule has 0 bridgehead atoms. The zero-order valence-corrected chi connectivity index (χ0v) is 11.9. The molecule has 1 heterocycles. The largest absolute Gasteiger partial charge is 0.491 e. The topological polar surface area (TPSA) is 35.2 Å². The number of benzene rings is 2. The summed E-state index contributed by atoms with van der Waals surface area (Å²) in [6.07, 6.45) is 0. The van der Waals surface area contributed by atoms with Gasteiger partial charge in [0.15, 0.2) is 0 Å². The lowest BCUT2D eigenvalue weighted by Crippen LogP contribution is -2.10. The van der Waals surface area contributed by atoms with Crippen LogP contribution in [0.1, 0.15) is 11.5 Å². The van der Waals surface area contributed by atoms with Gasteiger partial charge in [0.05, 0.1) is 11.6 Å². The highest BCUT2D eigenvalue weighted by Gasteiger charge is 2.23. The van der Waals surface area contributed by atoms with Gasteiger partial charge in [-0.25, -0.2) is 0 Å². The predicted octanol–water partition coefficient (Wildman–Crippen LogP) is 4.19. The number of hydrogen-bond acceptors (Lipinski definition) is 3. The van der Waals surface area contributed by atoms with Gasteiger partial charge in [0.1, 0.15) is 5.75 Å². The average molecular weight is 292 g/mol. The van der Waals surface area contributed by atoms with Crippen molar-refractivity contribution in [3.63, 3.8) is 0 Å². The highest BCUT2D eigenvalue weighted by atomic mass is 35.5. The maximum atomic E-state index is 6.10. The highest BCUT2D eigenvalue weighted by Crippen LogP contribution is 2.39. The Labute approximate surface area is 121 Å². The standard InChI is InChI=1S/C15H14ClNOS/c16-13-7-11(17)5-6-14(13)18-8-10-9-19-15-4-2-1-3-12(10)15/h1-7,10H,8-9,17H2. The summed E-state index contributed by atoms with van der Waals surface area (Å²) < 4.78 is 5.83. The Morgan fingerprint density at radius 3 is 2.95 bits per heavy atom. The molecule has 1 unspecified atom stereocenters. The van der Waals surface area contributed by atoms with Crippen LogP contribution in [0, 0.1) is 0 Å². The summed E-state index contributed by atoms with van der Waals surface area (Å²) in [5, 5.41) is 0.568. The van der Waals surface area contributed by atoms with Gasteiger partial charge in [-0.05, 0) is 29.8 Å². The SMILES string of the molecule is Nc1ccc(OCC2CSc3ccccc32)c(Cl)c1. The first-order valence-electron chi connectivity index (χ1n) is 6.13. The van der Waals surface area contributed by atoms with Gasteiger partial charge in [0, 0.05) is 22.3 Å². The molecule has 0 radical (unpaired) electrons. The Morgan fingerprint density at radius 1 is 1.26 bits per heavy atom. The van der Waals surface area contributed by atoms with Gasteiger partial charge in [-0.3, -0.25) is 0 Å². The number of rotatable bonds is 3. The van der Waals surface area contributed by atoms with Crippen LogP contribution in [0.15, 0.2) is 47.4 Å². The van der Waals surface area contributed by atoms with Crippen molar-refractivity contribution in [1.29, 1.82) is 0 Å². The molecule has 0 saturated heterocycles. The average Bonchev–Trinajstić information content (AvgIpc) is 2.81. The van der Waals surface area contributed by atoms with E-state index in [0.29, 0.717) is 29.0 Å². The molecule has 2 nitrogen and oxygen atoms in total. The zero-order chi connectivity index (χ0) is 13.2. The van der Waals surface area contributed by atoms with Crippen LogP contribution in [-0.4, -0.2) is 12.4 Å². The first kappa shape index (κ1) is 12.7. The summed E-state index contributed by atoms with van der Waals surface area (Å²) in [5.74, 6) is 2.19. The van der Waals surface area contributed by atoms with E-state index in [1.807, 2.05) is 17.8 Å². The molecular weight excluding hydrogens is 278 g/mol. The van der Waals surface area contributed by atoms with E-state index in [1.54, 1.807) is 12.1 Å². The van der Waals surface area contributed by atoms with Gasteiger partial charge in [-0.15, -0.1) is 11.8 Å². The number of anilines is 1. The minimum absolute atomic E-state index is 0.426. The van der Waals surface area contributed by atoms with Crippen LogP contribution < -0.4 is 10.5 Å². The van der Waals surface area contributed by atoms with E-state index in [0.717, 1.165) is 5.75 Å². The molecule has 0 fully saturated rings. The Hall–Kier alpha value is -1.32. The monoisotopic (exact) mass is 291 g/mol. The lowest BCUT2D eigenvalue weighted by molar-refractivity contribution is 0.298. The second-order valence-corrected chi connectivity index (χ2v) is 6.02. The number of hydrogen-bond donors (Lipinski definition) is 1. The lowest BCUT2D eigenvalue weighted by Gasteiger charge is -2.13. The van der Waals surface area contributed by atoms with Crippen LogP contribution >= 0.6 is 23.4 Å². The Balaban J connectivity index is 1.71. The van der Waals surface area contributed by atoms with E-state index in [1.165, 1.54) is 10.5 Å². The van der Waals surface area contributed by atoms with Gasteiger partial charge in [0.25, 0.3) is 0 Å². The van der Waals surface area contributed by atoms with Crippen molar-refractivity contribution in [2.75, 3.05) is 18.1 Å². The molecule has 4 heteroatoms. The van der Waals surface area contributed by atoms with Crippen LogP contribution in [0.3, 0.4) is 0 Å². The molecule has 2 aromatic rings. The van der Waals surface area contributed by atoms with E-state index in [2.05, 4.69) is 24.3 Å². The summed E-state index contributed by atoms with van der Waals surface area (Å²) in [4.78, 5) is 1.36. The lowest BCUT2D eigenvalue weighted by atomic mass is 10.0. The van der Waals surface area contributed by atoms with Gasteiger partial charge >= 0.3 is 0 Å². The van der Waals surface area contributed by atoms with Crippen molar-refractivity contribution in [3.05, 3.63) is 53.1 Å². The summed E-state index contributed by atoms with van der Waals surface area (Å²) >= 11 is 7.99. The molecule has 0 saturated carbocycles. The maximum Gasteiger partial charge on any atom is 0.138 e. The van der Waals surface area contributed by atoms with Crippen LogP contribution in [0.4, 0.5) is 5.69 Å². The fourth-order valence-electron chi connectivity index (χ4n) is 2.19. The number of nitrogen functional groups attached to an aromatic ring is 1. The van der Waals surface area contributed by atoms with Crippen LogP contribution in [0.25, 0.3) is 0 Å². The normalized spacial score (nSPS) is 17.2. The van der Waals surface area contributed by atoms with Crippen molar-refractivity contribution >= 4 is 29.1 Å². The first-order chi connectivity index (χ1) is 9.24. The van der Waals surface area contributed by atoms with Crippen molar-refractivity contribution in [1.82, 2.24) is 0 Å². The smallest absolute Gasteiger partial charge is 0.138 e. The molecule has 2 N–H and O–H groups in total. The molecular formula is C15H14ClNOS. The molecule has 98 valence electrons. The number of thioether (sulfide) groups is 1. The first-order valence-corrected chi connectivity index (χ1v) is 7.50. The second-order valence-electron chi connectivity index (χ2n) is 4.55. The molecule has 19 heavy (non-hydrogen) atoms. The third kappa shape index (κ3) is 2.67. The minimum atomic E-state index is 0.426. The van der Waals surface area contributed by atoms with E-state index in [-0.39, 0.29) is 0 Å². The van der Waals surface area contributed by atoms with Crippen molar-refractivity contribution < 1.29 is 4.74 Å². The Kier molecular flexibility index (Phi) is 3.58. The third-order valence-electron chi connectivity index (χ3n) is 3.19. The molecule has 0 aromatic heterocycles. The van der Waals surface area contributed by atoms with E-state index in [4.69, 9.17) is 22.1 Å². The van der Waals surface area contributed by atoms with Gasteiger partial charge in [-0.1, -0.05) is 29.8 Å². The predicted molar refractivity (Wildman–Crippen MR) is 81.3 cm³/mol. The quantitative estimate of drug-likeness (QED) is 0.861. The summed E-state index contributed by atoms with van der Waals surface area (Å²) in [7, 11) is 0. The van der Waals surface area contributed by atoms with E-state index >= 15 is 0 Å². The Morgan fingerprint density at radius 2 is 2.11 bits per heavy atom. The number of ether oxygens (including phenoxy) is 1. The molecule has 1 aliphatic heterocycles. The summed E-state index contributed by atoms with van der Waals surface area (Å²) in [6, 6.07) is 13.8. The number of nitrogens with two attached hydrogens (primary N) is 1. The van der Waals surface area contributed by atoms with Gasteiger partial charge < -0.3 is 10.5 Å². The van der Waals surface area contributed by atoms with Crippen LogP contribution in [-0.2, 0) is 0 Å². The minimum Gasteiger partial charge on any atom is -0.491 e. The van der Waals surface area contributed by atoms with Crippen molar-refractivity contribution in [2.24, 2.45) is 0 Å². The molecule has 2 aromatic carbocycles. The van der Waals surface area contributed by atoms with Gasteiger partial charge in [0.2, 0.25) is 0 Å². The number of fused-ring (bicyclic) bond motifs is 1. The van der Waals surface area contributed by atoms with Crippen LogP contribution in [0.5, 0.6) is 5.75 Å². The van der Waals surface area contributed by atoms with E-state index < -0.39 is 0 Å². The molecule has 0 aliphatic carbocycles. The molecule has 1 aliphatic rings. The highest BCUT2D eigenvalue weighted by molar-refractivity contribution is 7.99. The Bertz CT molecular complexity index is 602. The van der Waals surface area contributed by atoms with Gasteiger partial charge in [-0.2, -0.15) is 0 Å².